The lowest BCUT2D eigenvalue weighted by atomic mass is 10.1. The van der Waals surface area contributed by atoms with Gasteiger partial charge in [0.1, 0.15) is 5.82 Å². The molecule has 1 heterocycles. The molecule has 1 aliphatic rings. The molecule has 3 heteroatoms. The Morgan fingerprint density at radius 2 is 2.25 bits per heavy atom. The minimum atomic E-state index is -0.115. The van der Waals surface area contributed by atoms with Crippen molar-refractivity contribution < 1.29 is 4.39 Å². The van der Waals surface area contributed by atoms with E-state index in [0.29, 0.717) is 5.92 Å². The van der Waals surface area contributed by atoms with E-state index in [1.165, 1.54) is 12.5 Å². The molecule has 1 atom stereocenters. The van der Waals surface area contributed by atoms with Crippen LogP contribution in [0.1, 0.15) is 13.3 Å². The number of benzene rings is 1. The quantitative estimate of drug-likeness (QED) is 0.840. The summed E-state index contributed by atoms with van der Waals surface area (Å²) in [6.45, 7) is 6.04. The highest BCUT2D eigenvalue weighted by atomic mass is 19.1. The minimum Gasteiger partial charge on any atom is -0.369 e. The Labute approximate surface area is 96.5 Å². The normalized spacial score (nSPS) is 20.0. The Hall–Kier alpha value is -1.09. The molecule has 0 aromatic heterocycles. The van der Waals surface area contributed by atoms with E-state index < -0.39 is 0 Å². The number of hydrogen-bond acceptors (Lipinski definition) is 2. The molecule has 1 aromatic rings. The molecule has 0 spiro atoms. The van der Waals surface area contributed by atoms with Crippen LogP contribution in [0.4, 0.5) is 10.1 Å². The maximum absolute atomic E-state index is 13.6. The average molecular weight is 222 g/mol. The Morgan fingerprint density at radius 3 is 2.88 bits per heavy atom. The molecule has 1 fully saturated rings. The van der Waals surface area contributed by atoms with E-state index in [4.69, 9.17) is 0 Å². The highest BCUT2D eigenvalue weighted by Gasteiger charge is 2.18. The van der Waals surface area contributed by atoms with Gasteiger partial charge in [-0.15, -0.1) is 0 Å². The van der Waals surface area contributed by atoms with Gasteiger partial charge in [0, 0.05) is 13.1 Å². The first kappa shape index (κ1) is 11.4. The van der Waals surface area contributed by atoms with Crippen molar-refractivity contribution in [3.63, 3.8) is 0 Å². The average Bonchev–Trinajstić information content (AvgIpc) is 2.80. The molecule has 16 heavy (non-hydrogen) atoms. The van der Waals surface area contributed by atoms with Crippen LogP contribution in [0.2, 0.25) is 0 Å². The molecule has 0 radical (unpaired) electrons. The molecule has 0 bridgehead atoms. The molecule has 0 amide bonds. The van der Waals surface area contributed by atoms with Gasteiger partial charge in [-0.05, 0) is 44.5 Å². The largest absolute Gasteiger partial charge is 0.369 e. The number of rotatable bonds is 4. The Bertz CT molecular complexity index is 334. The van der Waals surface area contributed by atoms with E-state index in [0.717, 1.165) is 31.9 Å². The third-order valence-electron chi connectivity index (χ3n) is 3.22. The summed E-state index contributed by atoms with van der Waals surface area (Å²) in [7, 11) is 0. The topological polar surface area (TPSA) is 15.3 Å². The van der Waals surface area contributed by atoms with Gasteiger partial charge >= 0.3 is 0 Å². The van der Waals surface area contributed by atoms with Crippen LogP contribution < -0.4 is 10.2 Å². The number of anilines is 1. The van der Waals surface area contributed by atoms with Crippen LogP contribution >= 0.6 is 0 Å². The van der Waals surface area contributed by atoms with Crippen molar-refractivity contribution in [1.82, 2.24) is 5.32 Å². The summed E-state index contributed by atoms with van der Waals surface area (Å²) in [5.74, 6) is 0.537. The van der Waals surface area contributed by atoms with Crippen LogP contribution in [0.25, 0.3) is 0 Å². The summed E-state index contributed by atoms with van der Waals surface area (Å²) in [5, 5.41) is 3.35. The number of hydrogen-bond donors (Lipinski definition) is 1. The maximum Gasteiger partial charge on any atom is 0.146 e. The van der Waals surface area contributed by atoms with Crippen molar-refractivity contribution >= 4 is 5.69 Å². The summed E-state index contributed by atoms with van der Waals surface area (Å²) in [6.07, 6.45) is 1.20. The fourth-order valence-electron chi connectivity index (χ4n) is 2.29. The second-order valence-electron chi connectivity index (χ2n) is 4.35. The maximum atomic E-state index is 13.6. The molecule has 1 aromatic carbocycles. The molecule has 0 saturated carbocycles. The van der Waals surface area contributed by atoms with Gasteiger partial charge in [-0.2, -0.15) is 0 Å². The summed E-state index contributed by atoms with van der Waals surface area (Å²) in [5.41, 5.74) is 0.733. The van der Waals surface area contributed by atoms with Crippen LogP contribution in [0.5, 0.6) is 0 Å². The van der Waals surface area contributed by atoms with Crippen molar-refractivity contribution in [1.29, 1.82) is 0 Å². The Balaban J connectivity index is 2.06. The van der Waals surface area contributed by atoms with Gasteiger partial charge in [0.15, 0.2) is 0 Å². The Kier molecular flexibility index (Phi) is 3.78. The van der Waals surface area contributed by atoms with Crippen LogP contribution in [0.15, 0.2) is 24.3 Å². The predicted octanol–water partition coefficient (Wildman–Crippen LogP) is 2.26. The number of nitrogens with zero attached hydrogens (tertiary/aromatic N) is 1. The highest BCUT2D eigenvalue weighted by molar-refractivity contribution is 5.47. The van der Waals surface area contributed by atoms with Gasteiger partial charge in [0.25, 0.3) is 0 Å². The molecule has 1 aliphatic heterocycles. The fraction of sp³-hybridized carbons (Fsp3) is 0.538. The van der Waals surface area contributed by atoms with Crippen LogP contribution in [0, 0.1) is 11.7 Å². The van der Waals surface area contributed by atoms with Crippen LogP contribution in [-0.2, 0) is 0 Å². The van der Waals surface area contributed by atoms with Gasteiger partial charge in [0.2, 0.25) is 0 Å². The highest BCUT2D eigenvalue weighted by Crippen LogP contribution is 2.21. The van der Waals surface area contributed by atoms with E-state index in [-0.39, 0.29) is 5.82 Å². The minimum absolute atomic E-state index is 0.115. The first-order valence-electron chi connectivity index (χ1n) is 6.01. The van der Waals surface area contributed by atoms with E-state index in [9.17, 15) is 4.39 Å². The van der Waals surface area contributed by atoms with Crippen molar-refractivity contribution in [2.24, 2.45) is 5.92 Å². The summed E-state index contributed by atoms with van der Waals surface area (Å²) >= 11 is 0. The fourth-order valence-corrected chi connectivity index (χ4v) is 2.29. The second kappa shape index (κ2) is 5.30. The van der Waals surface area contributed by atoms with E-state index in [1.54, 1.807) is 6.07 Å². The molecule has 1 saturated heterocycles. The molecular weight excluding hydrogens is 203 g/mol. The van der Waals surface area contributed by atoms with Crippen molar-refractivity contribution in [3.05, 3.63) is 30.1 Å². The third-order valence-corrected chi connectivity index (χ3v) is 3.22. The van der Waals surface area contributed by atoms with Gasteiger partial charge in [-0.25, -0.2) is 4.39 Å². The van der Waals surface area contributed by atoms with Gasteiger partial charge in [-0.1, -0.05) is 12.1 Å². The standard InChI is InChI=1S/C13H19FN2/c1-2-16(10-11-7-8-15-9-11)13-6-4-3-5-12(13)14/h3-6,11,15H,2,7-10H2,1H3. The molecular formula is C13H19FN2. The molecule has 88 valence electrons. The van der Waals surface area contributed by atoms with Crippen LogP contribution in [0.3, 0.4) is 0 Å². The van der Waals surface area contributed by atoms with Crippen molar-refractivity contribution in [3.8, 4) is 0 Å². The zero-order valence-electron chi connectivity index (χ0n) is 9.75. The molecule has 1 N–H and O–H groups in total. The van der Waals surface area contributed by atoms with Crippen molar-refractivity contribution in [2.45, 2.75) is 13.3 Å². The SMILES string of the molecule is CCN(CC1CCNC1)c1ccccc1F. The lowest BCUT2D eigenvalue weighted by Crippen LogP contribution is -2.31. The van der Waals surface area contributed by atoms with Gasteiger partial charge in [-0.3, -0.25) is 0 Å². The first-order valence-corrected chi connectivity index (χ1v) is 6.01. The summed E-state index contributed by atoms with van der Waals surface area (Å²) in [4.78, 5) is 2.13. The van der Waals surface area contributed by atoms with Gasteiger partial charge < -0.3 is 10.2 Å². The smallest absolute Gasteiger partial charge is 0.146 e. The molecule has 1 unspecified atom stereocenters. The Morgan fingerprint density at radius 1 is 1.44 bits per heavy atom. The van der Waals surface area contributed by atoms with Crippen LogP contribution in [-0.4, -0.2) is 26.2 Å². The number of nitrogens with one attached hydrogen (secondary N) is 1. The molecule has 0 aliphatic carbocycles. The molecule has 2 nitrogen and oxygen atoms in total. The zero-order valence-corrected chi connectivity index (χ0v) is 9.75. The van der Waals surface area contributed by atoms with Crippen molar-refractivity contribution in [2.75, 3.05) is 31.1 Å². The molecule has 2 rings (SSSR count). The van der Waals surface area contributed by atoms with E-state index in [2.05, 4.69) is 17.1 Å². The van der Waals surface area contributed by atoms with E-state index in [1.807, 2.05) is 12.1 Å². The lowest BCUT2D eigenvalue weighted by Gasteiger charge is -2.26. The zero-order chi connectivity index (χ0) is 11.4. The monoisotopic (exact) mass is 222 g/mol. The number of para-hydroxylation sites is 1. The second-order valence-corrected chi connectivity index (χ2v) is 4.35. The summed E-state index contributed by atoms with van der Waals surface area (Å²) in [6, 6.07) is 7.03. The predicted molar refractivity (Wildman–Crippen MR) is 65.3 cm³/mol. The third kappa shape index (κ3) is 2.53. The van der Waals surface area contributed by atoms with E-state index >= 15 is 0 Å². The lowest BCUT2D eigenvalue weighted by molar-refractivity contribution is 0.552. The first-order chi connectivity index (χ1) is 7.81. The number of halogens is 1. The van der Waals surface area contributed by atoms with Gasteiger partial charge in [0.05, 0.1) is 5.69 Å². The summed E-state index contributed by atoms with van der Waals surface area (Å²) < 4.78 is 13.6.